The lowest BCUT2D eigenvalue weighted by atomic mass is 10.0. The highest BCUT2D eigenvalue weighted by Gasteiger charge is 2.34. The molecule has 0 aromatic rings. The van der Waals surface area contributed by atoms with E-state index in [0.717, 1.165) is 0 Å². The van der Waals surface area contributed by atoms with Gasteiger partial charge in [0.25, 0.3) is 0 Å². The van der Waals surface area contributed by atoms with Crippen LogP contribution in [0.5, 0.6) is 0 Å². The molecule has 0 heterocycles. The second-order valence-corrected chi connectivity index (χ2v) is 4.67. The Bertz CT molecular complexity index is 258. The zero-order chi connectivity index (χ0) is 15.7. The van der Waals surface area contributed by atoms with Gasteiger partial charge in [-0.3, -0.25) is 0 Å². The minimum atomic E-state index is -1.58. The lowest BCUT2D eigenvalue weighted by Gasteiger charge is -2.30. The molecule has 0 aromatic carbocycles. The lowest BCUT2D eigenvalue weighted by molar-refractivity contribution is -0.169. The largest absolute Gasteiger partial charge is 0.394 e. The van der Waals surface area contributed by atoms with Gasteiger partial charge in [-0.1, -0.05) is 0 Å². The first-order chi connectivity index (χ1) is 9.33. The Balaban J connectivity index is 4.80. The topological polar surface area (TPSA) is 137 Å². The molecule has 5 N–H and O–H groups in total. The van der Waals surface area contributed by atoms with Crippen LogP contribution in [0.15, 0.2) is 0 Å². The van der Waals surface area contributed by atoms with E-state index in [4.69, 9.17) is 24.8 Å². The van der Waals surface area contributed by atoms with Gasteiger partial charge in [0.1, 0.15) is 24.4 Å². The monoisotopic (exact) mass is 296 g/mol. The summed E-state index contributed by atoms with van der Waals surface area (Å²) < 4.78 is 10.3. The van der Waals surface area contributed by atoms with Crippen LogP contribution in [0.1, 0.15) is 13.8 Å². The van der Waals surface area contributed by atoms with E-state index in [9.17, 15) is 15.0 Å². The maximum Gasteiger partial charge on any atom is 0.151 e. The van der Waals surface area contributed by atoms with Crippen LogP contribution in [-0.2, 0) is 14.3 Å². The lowest BCUT2D eigenvalue weighted by Crippen LogP contribution is -2.50. The second kappa shape index (κ2) is 10.2. The number of aliphatic hydroxyl groups is 5. The van der Waals surface area contributed by atoms with E-state index in [1.807, 2.05) is 0 Å². The quantitative estimate of drug-likeness (QED) is 0.262. The van der Waals surface area contributed by atoms with E-state index < -0.39 is 43.2 Å². The van der Waals surface area contributed by atoms with Crippen molar-refractivity contribution < 1.29 is 39.8 Å². The van der Waals surface area contributed by atoms with Crippen molar-refractivity contribution in [1.29, 1.82) is 0 Å². The summed E-state index contributed by atoms with van der Waals surface area (Å²) in [7, 11) is 0. The Hall–Kier alpha value is -0.610. The first kappa shape index (κ1) is 19.4. The summed E-state index contributed by atoms with van der Waals surface area (Å²) in [6, 6.07) is 0. The van der Waals surface area contributed by atoms with E-state index in [-0.39, 0.29) is 13.2 Å². The summed E-state index contributed by atoms with van der Waals surface area (Å²) in [4.78, 5) is 11.0. The van der Waals surface area contributed by atoms with Crippen LogP contribution in [0.2, 0.25) is 0 Å². The van der Waals surface area contributed by atoms with Crippen molar-refractivity contribution >= 4 is 6.29 Å². The van der Waals surface area contributed by atoms with Gasteiger partial charge < -0.3 is 39.8 Å². The molecule has 6 atom stereocenters. The fourth-order valence-corrected chi connectivity index (χ4v) is 1.43. The van der Waals surface area contributed by atoms with Gasteiger partial charge in [-0.05, 0) is 13.8 Å². The van der Waals surface area contributed by atoms with Gasteiger partial charge in [0.05, 0.1) is 32.0 Å². The Labute approximate surface area is 117 Å². The Kier molecular flexibility index (Phi) is 9.86. The molecule has 0 amide bonds. The maximum absolute atomic E-state index is 11.0. The fourth-order valence-electron chi connectivity index (χ4n) is 1.43. The third-order valence-electron chi connectivity index (χ3n) is 2.44. The van der Waals surface area contributed by atoms with E-state index in [1.165, 1.54) is 13.8 Å². The van der Waals surface area contributed by atoms with Crippen molar-refractivity contribution in [1.82, 2.24) is 0 Å². The van der Waals surface area contributed by atoms with Crippen LogP contribution in [-0.4, -0.2) is 88.3 Å². The predicted molar refractivity (Wildman–Crippen MR) is 68.0 cm³/mol. The molecule has 0 saturated heterocycles. The van der Waals surface area contributed by atoms with Crippen LogP contribution < -0.4 is 0 Å². The van der Waals surface area contributed by atoms with E-state index in [1.54, 1.807) is 0 Å². The molecule has 120 valence electrons. The zero-order valence-electron chi connectivity index (χ0n) is 11.6. The van der Waals surface area contributed by atoms with Crippen LogP contribution >= 0.6 is 0 Å². The number of hydrogen-bond donors (Lipinski definition) is 5. The minimum Gasteiger partial charge on any atom is -0.394 e. The van der Waals surface area contributed by atoms with Crippen LogP contribution in [0.4, 0.5) is 0 Å². The number of aliphatic hydroxyl groups excluding tert-OH is 5. The van der Waals surface area contributed by atoms with Crippen molar-refractivity contribution in [2.45, 2.75) is 50.5 Å². The molecule has 8 heteroatoms. The summed E-state index contributed by atoms with van der Waals surface area (Å²) in [5, 5.41) is 46.4. The molecule has 20 heavy (non-hydrogen) atoms. The van der Waals surface area contributed by atoms with E-state index in [2.05, 4.69) is 0 Å². The predicted octanol–water partition coefficient (Wildman–Crippen LogP) is -2.57. The number of carbonyl (C=O) groups excluding carboxylic acids is 1. The highest BCUT2D eigenvalue weighted by Crippen LogP contribution is 2.12. The molecule has 0 aliphatic carbocycles. The smallest absolute Gasteiger partial charge is 0.151 e. The summed E-state index contributed by atoms with van der Waals surface area (Å²) >= 11 is 0. The third kappa shape index (κ3) is 7.25. The van der Waals surface area contributed by atoms with Crippen LogP contribution in [0.25, 0.3) is 0 Å². The normalized spacial score (nSPS) is 20.8. The Morgan fingerprint density at radius 1 is 1.00 bits per heavy atom. The zero-order valence-corrected chi connectivity index (χ0v) is 11.6. The average molecular weight is 296 g/mol. The summed E-state index contributed by atoms with van der Waals surface area (Å²) in [6.45, 7) is 1.81. The standard InChI is InChI=1S/C12H24O8/c1-7(15)5-19-10(4-14)12(20-6-8(2)16)11(18)9(17)3-13/h4,7-13,15-18H,3,5-6H2,1-2H3/t7?,8?,9-,10+,11-,12-/m1/s1. The van der Waals surface area contributed by atoms with Gasteiger partial charge in [-0.15, -0.1) is 0 Å². The number of hydrogen-bond acceptors (Lipinski definition) is 8. The molecule has 2 unspecified atom stereocenters. The van der Waals surface area contributed by atoms with Crippen LogP contribution in [0, 0.1) is 0 Å². The van der Waals surface area contributed by atoms with Gasteiger partial charge in [0, 0.05) is 0 Å². The molecule has 0 spiro atoms. The molecule has 8 nitrogen and oxygen atoms in total. The molecule has 0 aliphatic rings. The number of rotatable bonds is 11. The van der Waals surface area contributed by atoms with Crippen molar-refractivity contribution in [3.8, 4) is 0 Å². The molecule has 0 saturated carbocycles. The molecular weight excluding hydrogens is 272 g/mol. The maximum atomic E-state index is 11.0. The van der Waals surface area contributed by atoms with Crippen molar-refractivity contribution in [3.63, 3.8) is 0 Å². The van der Waals surface area contributed by atoms with E-state index >= 15 is 0 Å². The van der Waals surface area contributed by atoms with Gasteiger partial charge in [0.15, 0.2) is 6.29 Å². The molecule has 0 radical (unpaired) electrons. The van der Waals surface area contributed by atoms with Crippen molar-refractivity contribution in [2.75, 3.05) is 19.8 Å². The molecule has 0 rings (SSSR count). The molecule has 0 bridgehead atoms. The van der Waals surface area contributed by atoms with Gasteiger partial charge in [-0.2, -0.15) is 0 Å². The van der Waals surface area contributed by atoms with Gasteiger partial charge in [0.2, 0.25) is 0 Å². The SMILES string of the molecule is CC(O)CO[C@@H]([C@H](O)[C@H](O)CO)[C@H](C=O)OCC(C)O. The first-order valence-corrected chi connectivity index (χ1v) is 6.35. The highest BCUT2D eigenvalue weighted by atomic mass is 16.6. The van der Waals surface area contributed by atoms with Gasteiger partial charge >= 0.3 is 0 Å². The summed E-state index contributed by atoms with van der Waals surface area (Å²) in [5.74, 6) is 0. The molecule has 0 aliphatic heterocycles. The number of aldehydes is 1. The average Bonchev–Trinajstić information content (AvgIpc) is 2.40. The highest BCUT2D eigenvalue weighted by molar-refractivity contribution is 5.57. The van der Waals surface area contributed by atoms with Crippen LogP contribution in [0.3, 0.4) is 0 Å². The van der Waals surface area contributed by atoms with Crippen molar-refractivity contribution in [3.05, 3.63) is 0 Å². The number of carbonyl (C=O) groups is 1. The third-order valence-corrected chi connectivity index (χ3v) is 2.44. The molecular formula is C12H24O8. The molecule has 0 aromatic heterocycles. The first-order valence-electron chi connectivity index (χ1n) is 6.35. The summed E-state index contributed by atoms with van der Waals surface area (Å²) in [5.41, 5.74) is 0. The Morgan fingerprint density at radius 2 is 1.50 bits per heavy atom. The Morgan fingerprint density at radius 3 is 1.90 bits per heavy atom. The minimum absolute atomic E-state index is 0.167. The second-order valence-electron chi connectivity index (χ2n) is 4.67. The summed E-state index contributed by atoms with van der Waals surface area (Å²) in [6.07, 6.45) is -6.94. The fraction of sp³-hybridized carbons (Fsp3) is 0.917. The van der Waals surface area contributed by atoms with E-state index in [0.29, 0.717) is 6.29 Å². The van der Waals surface area contributed by atoms with Crippen molar-refractivity contribution in [2.24, 2.45) is 0 Å². The van der Waals surface area contributed by atoms with Gasteiger partial charge in [-0.25, -0.2) is 0 Å². The number of ether oxygens (including phenoxy) is 2. The molecule has 0 fully saturated rings.